The number of rotatable bonds is 4. The van der Waals surface area contributed by atoms with Gasteiger partial charge in [-0.15, -0.1) is 11.3 Å². The molecule has 0 atom stereocenters. The van der Waals surface area contributed by atoms with E-state index in [1.54, 1.807) is 30.0 Å². The lowest BCUT2D eigenvalue weighted by molar-refractivity contribution is -0.385. The number of likely N-dealkylation sites (tertiary alicyclic amines) is 1. The Morgan fingerprint density at radius 2 is 2.04 bits per heavy atom. The number of aromatic nitrogens is 1. The summed E-state index contributed by atoms with van der Waals surface area (Å²) in [7, 11) is 0. The zero-order valence-electron chi connectivity index (χ0n) is 15.3. The molecule has 0 radical (unpaired) electrons. The maximum atomic E-state index is 12.8. The maximum absolute atomic E-state index is 12.8. The molecule has 2 aromatic rings. The number of carbonyl (C=O) groups is 1. The lowest BCUT2D eigenvalue weighted by atomic mass is 10.2. The minimum Gasteiger partial charge on any atom is -0.338 e. The molecule has 0 aliphatic carbocycles. The molecule has 9 heteroatoms. The molecule has 1 aromatic heterocycles. The third-order valence-corrected chi connectivity index (χ3v) is 5.71. The van der Waals surface area contributed by atoms with Crippen molar-refractivity contribution in [1.29, 1.82) is 5.26 Å². The highest BCUT2D eigenvalue weighted by molar-refractivity contribution is 7.07. The number of para-hydroxylation sites is 1. The van der Waals surface area contributed by atoms with Crippen molar-refractivity contribution in [3.8, 4) is 6.07 Å². The fourth-order valence-electron chi connectivity index (χ4n) is 3.18. The molecular formula is C19H18N4O4S. The molecule has 1 amide bonds. The fraction of sp³-hybridized carbons (Fsp3) is 0.316. The molecule has 1 saturated heterocycles. The molecule has 8 nitrogen and oxygen atoms in total. The molecule has 2 heterocycles. The SMILES string of the molecule is CCn1c(=O)/c(=C\c2ccccc2[N+](=O)[O-])s/c1=C(/C#N)C(=O)N1CCCC1. The number of nitro benzene ring substituents is 1. The van der Waals surface area contributed by atoms with Crippen molar-refractivity contribution in [3.63, 3.8) is 0 Å². The lowest BCUT2D eigenvalue weighted by Crippen LogP contribution is -2.35. The second-order valence-electron chi connectivity index (χ2n) is 6.27. The Morgan fingerprint density at radius 1 is 1.36 bits per heavy atom. The van der Waals surface area contributed by atoms with E-state index in [0.29, 0.717) is 18.7 Å². The Bertz CT molecular complexity index is 1150. The van der Waals surface area contributed by atoms with Gasteiger partial charge >= 0.3 is 0 Å². The van der Waals surface area contributed by atoms with Crippen LogP contribution in [0.2, 0.25) is 0 Å². The summed E-state index contributed by atoms with van der Waals surface area (Å²) < 4.78 is 1.91. The van der Waals surface area contributed by atoms with E-state index in [4.69, 9.17) is 0 Å². The van der Waals surface area contributed by atoms with Crippen molar-refractivity contribution >= 4 is 34.6 Å². The van der Waals surface area contributed by atoms with Crippen LogP contribution in [0.5, 0.6) is 0 Å². The van der Waals surface area contributed by atoms with Crippen LogP contribution in [0.3, 0.4) is 0 Å². The van der Waals surface area contributed by atoms with Crippen molar-refractivity contribution in [2.24, 2.45) is 0 Å². The third-order valence-electron chi connectivity index (χ3n) is 4.58. The molecule has 0 spiro atoms. The summed E-state index contributed by atoms with van der Waals surface area (Å²) in [5.41, 5.74) is -0.252. The minimum absolute atomic E-state index is 0.0620. The first kappa shape index (κ1) is 19.5. The van der Waals surface area contributed by atoms with Gasteiger partial charge in [-0.05, 0) is 31.9 Å². The van der Waals surface area contributed by atoms with Gasteiger partial charge in [-0.25, -0.2) is 0 Å². The van der Waals surface area contributed by atoms with Crippen LogP contribution in [0.1, 0.15) is 25.3 Å². The van der Waals surface area contributed by atoms with Crippen molar-refractivity contribution in [3.05, 3.63) is 59.5 Å². The number of benzene rings is 1. The van der Waals surface area contributed by atoms with Crippen LogP contribution in [0.15, 0.2) is 29.1 Å². The van der Waals surface area contributed by atoms with Crippen molar-refractivity contribution < 1.29 is 9.72 Å². The number of amides is 1. The highest BCUT2D eigenvalue weighted by Gasteiger charge is 2.24. The number of hydrogen-bond donors (Lipinski definition) is 0. The van der Waals surface area contributed by atoms with Gasteiger partial charge in [0.05, 0.1) is 15.0 Å². The normalized spacial score (nSPS) is 15.4. The summed E-state index contributed by atoms with van der Waals surface area (Å²) in [6.45, 7) is 3.23. The van der Waals surface area contributed by atoms with Crippen LogP contribution in [-0.4, -0.2) is 33.4 Å². The first-order chi connectivity index (χ1) is 13.5. The monoisotopic (exact) mass is 398 g/mol. The fourth-order valence-corrected chi connectivity index (χ4v) is 4.32. The third kappa shape index (κ3) is 3.59. The number of nitrogens with zero attached hydrogens (tertiary/aromatic N) is 4. The van der Waals surface area contributed by atoms with E-state index in [1.807, 2.05) is 6.07 Å². The molecule has 1 aliphatic rings. The summed E-state index contributed by atoms with van der Waals surface area (Å²) >= 11 is 1.01. The van der Waals surface area contributed by atoms with Gasteiger partial charge in [-0.1, -0.05) is 12.1 Å². The topological polar surface area (TPSA) is 109 Å². The number of carbonyl (C=O) groups excluding carboxylic acids is 1. The van der Waals surface area contributed by atoms with Gasteiger partial charge in [0.2, 0.25) is 0 Å². The van der Waals surface area contributed by atoms with E-state index in [9.17, 15) is 25.0 Å². The van der Waals surface area contributed by atoms with Gasteiger partial charge in [-0.2, -0.15) is 5.26 Å². The van der Waals surface area contributed by atoms with Crippen molar-refractivity contribution in [1.82, 2.24) is 9.47 Å². The minimum atomic E-state index is -0.511. The predicted octanol–water partition coefficient (Wildman–Crippen LogP) is 0.963. The molecule has 1 aromatic carbocycles. The standard InChI is InChI=1S/C19H18N4O4S/c1-2-22-18(25)16(11-13-7-3-4-8-15(13)23(26)27)28-19(22)14(12-20)17(24)21-9-5-6-10-21/h3-4,7-8,11H,2,5-6,9-10H2,1H3/b16-11+,19-14-. The summed E-state index contributed by atoms with van der Waals surface area (Å²) in [4.78, 5) is 37.9. The van der Waals surface area contributed by atoms with Gasteiger partial charge in [0, 0.05) is 25.7 Å². The van der Waals surface area contributed by atoms with E-state index in [0.717, 1.165) is 24.2 Å². The molecule has 0 bridgehead atoms. The number of nitriles is 1. The lowest BCUT2D eigenvalue weighted by Gasteiger charge is -2.13. The molecule has 144 valence electrons. The first-order valence-corrected chi connectivity index (χ1v) is 9.68. The van der Waals surface area contributed by atoms with E-state index < -0.39 is 4.92 Å². The van der Waals surface area contributed by atoms with E-state index >= 15 is 0 Å². The second-order valence-corrected chi connectivity index (χ2v) is 7.30. The zero-order chi connectivity index (χ0) is 20.3. The molecule has 1 fully saturated rings. The summed E-state index contributed by atoms with van der Waals surface area (Å²) in [5.74, 6) is -0.374. The van der Waals surface area contributed by atoms with Gasteiger partial charge in [0.1, 0.15) is 10.7 Å². The molecule has 0 N–H and O–H groups in total. The van der Waals surface area contributed by atoms with E-state index in [-0.39, 0.29) is 38.5 Å². The maximum Gasteiger partial charge on any atom is 0.276 e. The number of nitro groups is 1. The molecule has 28 heavy (non-hydrogen) atoms. The quantitative estimate of drug-likeness (QED) is 0.563. The molecular weight excluding hydrogens is 380 g/mol. The Morgan fingerprint density at radius 3 is 2.64 bits per heavy atom. The van der Waals surface area contributed by atoms with Crippen LogP contribution >= 0.6 is 11.3 Å². The second kappa shape index (κ2) is 8.19. The summed E-state index contributed by atoms with van der Waals surface area (Å²) in [6, 6.07) is 8.07. The van der Waals surface area contributed by atoms with E-state index in [2.05, 4.69) is 0 Å². The van der Waals surface area contributed by atoms with Crippen molar-refractivity contribution in [2.45, 2.75) is 26.3 Å². The molecule has 1 aliphatic heterocycles. The Balaban J connectivity index is 2.24. The smallest absolute Gasteiger partial charge is 0.276 e. The molecule has 0 saturated carbocycles. The van der Waals surface area contributed by atoms with E-state index in [1.165, 1.54) is 16.7 Å². The summed E-state index contributed by atoms with van der Waals surface area (Å²) in [5, 5.41) is 20.8. The predicted molar refractivity (Wildman–Crippen MR) is 105 cm³/mol. The summed E-state index contributed by atoms with van der Waals surface area (Å²) in [6.07, 6.45) is 3.23. The van der Waals surface area contributed by atoms with Crippen LogP contribution < -0.4 is 14.8 Å². The number of hydrogen-bond acceptors (Lipinski definition) is 6. The highest BCUT2D eigenvalue weighted by Crippen LogP contribution is 2.18. The highest BCUT2D eigenvalue weighted by atomic mass is 32.1. The largest absolute Gasteiger partial charge is 0.338 e. The van der Waals surface area contributed by atoms with Gasteiger partial charge < -0.3 is 4.90 Å². The Labute approximate surface area is 164 Å². The van der Waals surface area contributed by atoms with Gasteiger partial charge in [-0.3, -0.25) is 24.3 Å². The van der Waals surface area contributed by atoms with Crippen molar-refractivity contribution in [2.75, 3.05) is 13.1 Å². The Kier molecular flexibility index (Phi) is 5.70. The van der Waals surface area contributed by atoms with Gasteiger partial charge in [0.25, 0.3) is 17.2 Å². The average Bonchev–Trinajstić information content (AvgIpc) is 3.32. The Hall–Kier alpha value is -3.25. The van der Waals surface area contributed by atoms with Crippen LogP contribution in [0, 0.1) is 21.4 Å². The molecule has 0 unspecified atom stereocenters. The first-order valence-electron chi connectivity index (χ1n) is 8.86. The van der Waals surface area contributed by atoms with Crippen LogP contribution in [0.4, 0.5) is 5.69 Å². The van der Waals surface area contributed by atoms with Crippen LogP contribution in [0.25, 0.3) is 11.6 Å². The van der Waals surface area contributed by atoms with Gasteiger partial charge in [0.15, 0.2) is 5.57 Å². The molecule has 3 rings (SSSR count). The number of thiazole rings is 1. The van der Waals surface area contributed by atoms with Crippen LogP contribution in [-0.2, 0) is 11.3 Å². The average molecular weight is 398 g/mol. The zero-order valence-corrected chi connectivity index (χ0v) is 16.1.